The van der Waals surface area contributed by atoms with Gasteiger partial charge in [-0.05, 0) is 122 Å². The summed E-state index contributed by atoms with van der Waals surface area (Å²) in [7, 11) is 0. The normalized spacial score (nSPS) is 11.1. The fraction of sp³-hybridized carbons (Fsp3) is 0. The molecule has 3 heteroatoms. The van der Waals surface area contributed by atoms with E-state index in [0.717, 1.165) is 94.6 Å². The monoisotopic (exact) mass is 815 g/mol. The Bertz CT molecular complexity index is 3360. The number of benzene rings is 9. The van der Waals surface area contributed by atoms with Crippen LogP contribution in [0.1, 0.15) is 0 Å². The summed E-state index contributed by atoms with van der Waals surface area (Å²) < 4.78 is 0. The van der Waals surface area contributed by atoms with Crippen molar-refractivity contribution in [2.24, 2.45) is 0 Å². The zero-order chi connectivity index (χ0) is 42.7. The number of hydrogen-bond acceptors (Lipinski definition) is 3. The smallest absolute Gasteiger partial charge is 0.160 e. The molecule has 0 atom stereocenters. The average molecular weight is 816 g/mol. The standard InChI is InChI=1S/C61H41N3/c1-5-17-42(18-6-1)47-26-15-27-48(33-47)54-36-53(45-23-11-4-12-24-45)39-56(40-54)59-41-58(55-37-51(43-19-7-2-8-20-43)35-52(38-55)44-21-9-3-10-22-44)63-61(64-59)50-29-16-28-49(34-50)60-57-30-14-13-25-46(57)31-32-62-60/h1-41H. The van der Waals surface area contributed by atoms with Crippen LogP contribution >= 0.6 is 0 Å². The zero-order valence-electron chi connectivity index (χ0n) is 35.0. The lowest BCUT2D eigenvalue weighted by Crippen LogP contribution is -1.98. The molecule has 0 saturated carbocycles. The van der Waals surface area contributed by atoms with Gasteiger partial charge in [0.15, 0.2) is 5.82 Å². The van der Waals surface area contributed by atoms with Crippen LogP contribution in [-0.2, 0) is 0 Å². The van der Waals surface area contributed by atoms with Gasteiger partial charge in [0.05, 0.1) is 17.1 Å². The maximum Gasteiger partial charge on any atom is 0.160 e. The molecule has 0 aliphatic heterocycles. The van der Waals surface area contributed by atoms with Crippen LogP contribution in [-0.4, -0.2) is 15.0 Å². The first-order valence-corrected chi connectivity index (χ1v) is 21.7. The average Bonchev–Trinajstić information content (AvgIpc) is 3.39. The fourth-order valence-corrected chi connectivity index (χ4v) is 8.65. The third-order valence-corrected chi connectivity index (χ3v) is 11.9. The van der Waals surface area contributed by atoms with Crippen molar-refractivity contribution in [3.8, 4) is 101 Å². The second-order valence-electron chi connectivity index (χ2n) is 16.1. The van der Waals surface area contributed by atoms with E-state index in [0.29, 0.717) is 5.82 Å². The lowest BCUT2D eigenvalue weighted by molar-refractivity contribution is 1.18. The van der Waals surface area contributed by atoms with E-state index in [9.17, 15) is 0 Å². The van der Waals surface area contributed by atoms with E-state index in [1.54, 1.807) is 0 Å². The van der Waals surface area contributed by atoms with Gasteiger partial charge in [-0.1, -0.05) is 182 Å². The van der Waals surface area contributed by atoms with Gasteiger partial charge in [-0.15, -0.1) is 0 Å². The van der Waals surface area contributed by atoms with Gasteiger partial charge < -0.3 is 0 Å². The van der Waals surface area contributed by atoms with Crippen molar-refractivity contribution in [3.05, 3.63) is 249 Å². The van der Waals surface area contributed by atoms with Gasteiger partial charge in [0.2, 0.25) is 0 Å². The zero-order valence-corrected chi connectivity index (χ0v) is 35.0. The van der Waals surface area contributed by atoms with Crippen LogP contribution in [0.4, 0.5) is 0 Å². The van der Waals surface area contributed by atoms with Crippen LogP contribution < -0.4 is 0 Å². The molecule has 11 rings (SSSR count). The Morgan fingerprint density at radius 3 is 1.12 bits per heavy atom. The number of pyridine rings is 1. The summed E-state index contributed by atoms with van der Waals surface area (Å²) in [5, 5.41) is 2.25. The van der Waals surface area contributed by atoms with Crippen LogP contribution in [0.15, 0.2) is 249 Å². The van der Waals surface area contributed by atoms with Crippen molar-refractivity contribution in [2.45, 2.75) is 0 Å². The van der Waals surface area contributed by atoms with E-state index in [-0.39, 0.29) is 0 Å². The van der Waals surface area contributed by atoms with Gasteiger partial charge in [0.1, 0.15) is 0 Å². The topological polar surface area (TPSA) is 38.7 Å². The molecular weight excluding hydrogens is 775 g/mol. The van der Waals surface area contributed by atoms with E-state index < -0.39 is 0 Å². The lowest BCUT2D eigenvalue weighted by Gasteiger charge is -2.15. The molecule has 0 N–H and O–H groups in total. The van der Waals surface area contributed by atoms with Gasteiger partial charge in [-0.25, -0.2) is 9.97 Å². The van der Waals surface area contributed by atoms with Gasteiger partial charge >= 0.3 is 0 Å². The fourth-order valence-electron chi connectivity index (χ4n) is 8.65. The third-order valence-electron chi connectivity index (χ3n) is 11.9. The molecular formula is C61H41N3. The first-order valence-electron chi connectivity index (χ1n) is 21.7. The Hall–Kier alpha value is -8.53. The summed E-state index contributed by atoms with van der Waals surface area (Å²) in [5.74, 6) is 0.638. The summed E-state index contributed by atoms with van der Waals surface area (Å²) in [6, 6.07) is 85.9. The van der Waals surface area contributed by atoms with Crippen molar-refractivity contribution < 1.29 is 0 Å². The Balaban J connectivity index is 1.14. The minimum absolute atomic E-state index is 0.638. The SMILES string of the molecule is c1ccc(-c2cccc(-c3cc(-c4ccccc4)cc(-c4cc(-c5cc(-c6ccccc6)cc(-c6ccccc6)c5)nc(-c5cccc(-c6nccc7ccccc67)c5)n4)c3)c2)cc1. The molecule has 0 saturated heterocycles. The van der Waals surface area contributed by atoms with Crippen molar-refractivity contribution in [3.63, 3.8) is 0 Å². The molecule has 64 heavy (non-hydrogen) atoms. The number of fused-ring (bicyclic) bond motifs is 1. The molecule has 0 radical (unpaired) electrons. The number of hydrogen-bond donors (Lipinski definition) is 0. The maximum atomic E-state index is 5.46. The van der Waals surface area contributed by atoms with Crippen LogP contribution in [0.2, 0.25) is 0 Å². The highest BCUT2D eigenvalue weighted by Gasteiger charge is 2.17. The summed E-state index contributed by atoms with van der Waals surface area (Å²) >= 11 is 0. The van der Waals surface area contributed by atoms with E-state index in [2.05, 4.69) is 243 Å². The molecule has 0 aliphatic carbocycles. The highest BCUT2D eigenvalue weighted by Crippen LogP contribution is 2.39. The number of rotatable bonds is 9. The molecule has 0 fully saturated rings. The molecule has 300 valence electrons. The minimum Gasteiger partial charge on any atom is -0.256 e. The van der Waals surface area contributed by atoms with Crippen molar-refractivity contribution in [1.29, 1.82) is 0 Å². The van der Waals surface area contributed by atoms with Crippen LogP contribution in [0.5, 0.6) is 0 Å². The van der Waals surface area contributed by atoms with Crippen molar-refractivity contribution >= 4 is 10.8 Å². The highest BCUT2D eigenvalue weighted by molar-refractivity contribution is 5.95. The molecule has 2 aromatic heterocycles. The Labute approximate surface area is 373 Å². The van der Waals surface area contributed by atoms with Crippen LogP contribution in [0, 0.1) is 0 Å². The molecule has 3 nitrogen and oxygen atoms in total. The first kappa shape index (κ1) is 38.4. The van der Waals surface area contributed by atoms with Crippen LogP contribution in [0.3, 0.4) is 0 Å². The van der Waals surface area contributed by atoms with Gasteiger partial charge in [0, 0.05) is 33.8 Å². The molecule has 0 spiro atoms. The van der Waals surface area contributed by atoms with Gasteiger partial charge in [0.25, 0.3) is 0 Å². The van der Waals surface area contributed by atoms with E-state index >= 15 is 0 Å². The Kier molecular flexibility index (Phi) is 10.3. The largest absolute Gasteiger partial charge is 0.256 e. The minimum atomic E-state index is 0.638. The molecule has 0 amide bonds. The molecule has 0 unspecified atom stereocenters. The molecule has 11 aromatic rings. The number of nitrogens with zero attached hydrogens (tertiary/aromatic N) is 3. The van der Waals surface area contributed by atoms with E-state index in [1.165, 1.54) is 11.1 Å². The van der Waals surface area contributed by atoms with Crippen molar-refractivity contribution in [1.82, 2.24) is 15.0 Å². The molecule has 9 aromatic carbocycles. The Morgan fingerprint density at radius 2 is 0.594 bits per heavy atom. The number of aromatic nitrogens is 3. The lowest BCUT2D eigenvalue weighted by atomic mass is 9.92. The Morgan fingerprint density at radius 1 is 0.234 bits per heavy atom. The molecule has 0 bridgehead atoms. The second-order valence-corrected chi connectivity index (χ2v) is 16.1. The second kappa shape index (κ2) is 17.1. The summed E-state index contributed by atoms with van der Waals surface area (Å²) in [5.41, 5.74) is 17.9. The van der Waals surface area contributed by atoms with E-state index in [4.69, 9.17) is 15.0 Å². The first-order chi connectivity index (χ1) is 31.7. The van der Waals surface area contributed by atoms with Gasteiger partial charge in [-0.2, -0.15) is 0 Å². The predicted octanol–water partition coefficient (Wildman–Crippen LogP) is 16.0. The summed E-state index contributed by atoms with van der Waals surface area (Å²) in [6.07, 6.45) is 1.89. The quantitative estimate of drug-likeness (QED) is 0.146. The maximum absolute atomic E-state index is 5.46. The molecule has 0 aliphatic rings. The molecule has 2 heterocycles. The van der Waals surface area contributed by atoms with Crippen molar-refractivity contribution in [2.75, 3.05) is 0 Å². The summed E-state index contributed by atoms with van der Waals surface area (Å²) in [6.45, 7) is 0. The predicted molar refractivity (Wildman–Crippen MR) is 266 cm³/mol. The summed E-state index contributed by atoms with van der Waals surface area (Å²) in [4.78, 5) is 15.8. The highest BCUT2D eigenvalue weighted by atomic mass is 14.9. The van der Waals surface area contributed by atoms with Crippen LogP contribution in [0.25, 0.3) is 112 Å². The van der Waals surface area contributed by atoms with E-state index in [1.807, 2.05) is 6.20 Å². The van der Waals surface area contributed by atoms with Gasteiger partial charge in [-0.3, -0.25) is 4.98 Å². The third kappa shape index (κ3) is 7.90.